The summed E-state index contributed by atoms with van der Waals surface area (Å²) < 4.78 is 0. The van der Waals surface area contributed by atoms with Crippen molar-refractivity contribution in [3.05, 3.63) is 0 Å². The number of amides is 2. The highest BCUT2D eigenvalue weighted by Crippen LogP contribution is 2.33. The van der Waals surface area contributed by atoms with Gasteiger partial charge in [-0.3, -0.25) is 4.84 Å². The van der Waals surface area contributed by atoms with E-state index < -0.39 is 18.6 Å². The maximum absolute atomic E-state index is 11.4. The van der Waals surface area contributed by atoms with E-state index in [1.54, 1.807) is 0 Å². The van der Waals surface area contributed by atoms with Crippen LogP contribution in [0, 0.1) is 11.8 Å². The molecule has 98 valence electrons. The molecule has 0 bridgehead atoms. The van der Waals surface area contributed by atoms with Crippen molar-refractivity contribution in [2.24, 2.45) is 11.8 Å². The summed E-state index contributed by atoms with van der Waals surface area (Å²) in [4.78, 5) is 26.0. The number of rotatable bonds is 5. The lowest BCUT2D eigenvalue weighted by Gasteiger charge is -2.20. The number of aliphatic carboxylic acids is 1. The van der Waals surface area contributed by atoms with Crippen molar-refractivity contribution < 1.29 is 19.5 Å². The Balaban J connectivity index is 2.25. The quantitative estimate of drug-likeness (QED) is 0.632. The van der Waals surface area contributed by atoms with E-state index in [1.807, 2.05) is 0 Å². The zero-order valence-electron chi connectivity index (χ0n) is 10.2. The smallest absolute Gasteiger partial charge is 0.338 e. The predicted molar refractivity (Wildman–Crippen MR) is 61.2 cm³/mol. The molecule has 1 rings (SSSR count). The van der Waals surface area contributed by atoms with Gasteiger partial charge in [-0.25, -0.2) is 15.1 Å². The number of carboxylic acids is 1. The fourth-order valence-corrected chi connectivity index (χ4v) is 2.39. The third-order valence-corrected chi connectivity index (χ3v) is 3.43. The number of urea groups is 1. The summed E-state index contributed by atoms with van der Waals surface area (Å²) in [6.07, 6.45) is 3.21. The standard InChI is InChI=1S/C11H20N2O4/c1-3-8-4-5-9(7(8)2)12-11(16)13-17-6-10(14)15/h7-9H,3-6H2,1-2H3,(H,14,15)(H2,12,13,16). The Labute approximate surface area is 101 Å². The average molecular weight is 244 g/mol. The number of carbonyl (C=O) groups is 2. The first-order valence-corrected chi connectivity index (χ1v) is 5.94. The van der Waals surface area contributed by atoms with Crippen molar-refractivity contribution in [1.29, 1.82) is 0 Å². The largest absolute Gasteiger partial charge is 0.479 e. The van der Waals surface area contributed by atoms with Crippen LogP contribution in [0.25, 0.3) is 0 Å². The Hall–Kier alpha value is -1.30. The van der Waals surface area contributed by atoms with Crippen LogP contribution in [0.1, 0.15) is 33.1 Å². The molecule has 1 aliphatic carbocycles. The molecule has 0 aromatic carbocycles. The van der Waals surface area contributed by atoms with Crippen LogP contribution in [0.2, 0.25) is 0 Å². The van der Waals surface area contributed by atoms with Gasteiger partial charge in [0.2, 0.25) is 0 Å². The molecule has 17 heavy (non-hydrogen) atoms. The number of hydroxylamine groups is 1. The van der Waals surface area contributed by atoms with E-state index in [9.17, 15) is 9.59 Å². The minimum atomic E-state index is -1.12. The molecule has 0 saturated heterocycles. The summed E-state index contributed by atoms with van der Waals surface area (Å²) in [5.74, 6) is -0.0176. The van der Waals surface area contributed by atoms with Crippen molar-refractivity contribution in [3.8, 4) is 0 Å². The molecule has 3 N–H and O–H groups in total. The Bertz CT molecular complexity index is 283. The van der Waals surface area contributed by atoms with Crippen LogP contribution < -0.4 is 10.8 Å². The van der Waals surface area contributed by atoms with Crippen molar-refractivity contribution >= 4 is 12.0 Å². The Morgan fingerprint density at radius 1 is 1.41 bits per heavy atom. The van der Waals surface area contributed by atoms with Crippen LogP contribution >= 0.6 is 0 Å². The molecule has 0 aromatic heterocycles. The fourth-order valence-electron chi connectivity index (χ4n) is 2.39. The molecule has 0 aromatic rings. The molecule has 0 radical (unpaired) electrons. The lowest BCUT2D eigenvalue weighted by Crippen LogP contribution is -2.44. The summed E-state index contributed by atoms with van der Waals surface area (Å²) in [7, 11) is 0. The number of carboxylic acid groups (broad SMARTS) is 1. The lowest BCUT2D eigenvalue weighted by atomic mass is 9.94. The van der Waals surface area contributed by atoms with E-state index in [0.717, 1.165) is 19.3 Å². The van der Waals surface area contributed by atoms with Crippen LogP contribution in [0.5, 0.6) is 0 Å². The van der Waals surface area contributed by atoms with Gasteiger partial charge in [-0.1, -0.05) is 20.3 Å². The molecule has 0 spiro atoms. The predicted octanol–water partition coefficient (Wildman–Crippen LogP) is 1.13. The monoisotopic (exact) mass is 244 g/mol. The molecule has 6 nitrogen and oxygen atoms in total. The first kappa shape index (κ1) is 13.8. The van der Waals surface area contributed by atoms with Crippen molar-refractivity contribution in [2.75, 3.05) is 6.61 Å². The van der Waals surface area contributed by atoms with Gasteiger partial charge in [0, 0.05) is 6.04 Å². The van der Waals surface area contributed by atoms with Crippen LogP contribution in [0.4, 0.5) is 4.79 Å². The second-order valence-corrected chi connectivity index (χ2v) is 4.47. The van der Waals surface area contributed by atoms with Gasteiger partial charge in [0.25, 0.3) is 0 Å². The molecule has 6 heteroatoms. The van der Waals surface area contributed by atoms with Crippen LogP contribution in [-0.4, -0.2) is 29.8 Å². The van der Waals surface area contributed by atoms with Gasteiger partial charge in [0.1, 0.15) is 0 Å². The molecule has 0 heterocycles. The van der Waals surface area contributed by atoms with Crippen LogP contribution in [0.15, 0.2) is 0 Å². The fraction of sp³-hybridized carbons (Fsp3) is 0.818. The minimum absolute atomic E-state index is 0.147. The molecule has 3 atom stereocenters. The maximum Gasteiger partial charge on any atom is 0.338 e. The zero-order valence-corrected chi connectivity index (χ0v) is 10.2. The molecular weight excluding hydrogens is 224 g/mol. The highest BCUT2D eigenvalue weighted by atomic mass is 16.7. The maximum atomic E-state index is 11.4. The second-order valence-electron chi connectivity index (χ2n) is 4.47. The number of hydrogen-bond donors (Lipinski definition) is 3. The van der Waals surface area contributed by atoms with Crippen molar-refractivity contribution in [2.45, 2.75) is 39.2 Å². The van der Waals surface area contributed by atoms with E-state index in [4.69, 9.17) is 5.11 Å². The third kappa shape index (κ3) is 4.22. The Morgan fingerprint density at radius 3 is 2.65 bits per heavy atom. The summed E-state index contributed by atoms with van der Waals surface area (Å²) in [6.45, 7) is 3.75. The van der Waals surface area contributed by atoms with Gasteiger partial charge in [-0.15, -0.1) is 0 Å². The second kappa shape index (κ2) is 6.44. The molecule has 1 fully saturated rings. The van der Waals surface area contributed by atoms with Crippen molar-refractivity contribution in [3.63, 3.8) is 0 Å². The number of nitrogens with one attached hydrogen (secondary N) is 2. The topological polar surface area (TPSA) is 87.7 Å². The van der Waals surface area contributed by atoms with E-state index in [1.165, 1.54) is 0 Å². The molecule has 3 unspecified atom stereocenters. The normalized spacial score (nSPS) is 27.8. The highest BCUT2D eigenvalue weighted by molar-refractivity contribution is 5.73. The molecular formula is C11H20N2O4. The van der Waals surface area contributed by atoms with Gasteiger partial charge in [0.05, 0.1) is 0 Å². The first-order valence-electron chi connectivity index (χ1n) is 5.94. The van der Waals surface area contributed by atoms with Gasteiger partial charge in [0.15, 0.2) is 6.61 Å². The molecule has 0 aliphatic heterocycles. The lowest BCUT2D eigenvalue weighted by molar-refractivity contribution is -0.144. The Morgan fingerprint density at radius 2 is 2.12 bits per heavy atom. The summed E-state index contributed by atoms with van der Waals surface area (Å²) in [6, 6.07) is -0.326. The molecule has 2 amide bonds. The van der Waals surface area contributed by atoms with Crippen molar-refractivity contribution in [1.82, 2.24) is 10.8 Å². The van der Waals surface area contributed by atoms with Gasteiger partial charge >= 0.3 is 12.0 Å². The van der Waals surface area contributed by atoms with E-state index in [-0.39, 0.29) is 6.04 Å². The molecule has 1 aliphatic rings. The van der Waals surface area contributed by atoms with Gasteiger partial charge in [-0.2, -0.15) is 0 Å². The van der Waals surface area contributed by atoms with Crippen LogP contribution in [0.3, 0.4) is 0 Å². The van der Waals surface area contributed by atoms with E-state index in [2.05, 4.69) is 29.5 Å². The minimum Gasteiger partial charge on any atom is -0.479 e. The Kier molecular flexibility index (Phi) is 5.21. The van der Waals surface area contributed by atoms with Gasteiger partial charge in [-0.05, 0) is 24.7 Å². The average Bonchev–Trinajstić information content (AvgIpc) is 2.59. The summed E-state index contributed by atoms with van der Waals surface area (Å²) in [5.41, 5.74) is 2.06. The number of carbonyl (C=O) groups excluding carboxylic acids is 1. The summed E-state index contributed by atoms with van der Waals surface area (Å²) in [5, 5.41) is 11.1. The van der Waals surface area contributed by atoms with E-state index in [0.29, 0.717) is 11.8 Å². The first-order chi connectivity index (χ1) is 8.04. The van der Waals surface area contributed by atoms with E-state index >= 15 is 0 Å². The van der Waals surface area contributed by atoms with Gasteiger partial charge < -0.3 is 10.4 Å². The zero-order chi connectivity index (χ0) is 12.8. The third-order valence-electron chi connectivity index (χ3n) is 3.43. The number of hydrogen-bond acceptors (Lipinski definition) is 3. The SMILES string of the molecule is CCC1CCC(NC(=O)NOCC(=O)O)C1C. The highest BCUT2D eigenvalue weighted by Gasteiger charge is 2.32. The summed E-state index contributed by atoms with van der Waals surface area (Å²) >= 11 is 0. The van der Waals surface area contributed by atoms with Crippen LogP contribution in [-0.2, 0) is 9.63 Å². The molecule has 1 saturated carbocycles.